The molecule has 0 fully saturated rings. The zero-order chi connectivity index (χ0) is 17.5. The van der Waals surface area contributed by atoms with E-state index in [0.717, 1.165) is 6.07 Å². The van der Waals surface area contributed by atoms with E-state index in [0.29, 0.717) is 18.0 Å². The van der Waals surface area contributed by atoms with Crippen molar-refractivity contribution in [2.24, 2.45) is 0 Å². The molecule has 0 aliphatic heterocycles. The first-order chi connectivity index (χ1) is 11.5. The van der Waals surface area contributed by atoms with Crippen molar-refractivity contribution in [3.05, 3.63) is 58.4 Å². The zero-order valence-corrected chi connectivity index (χ0v) is 12.9. The summed E-state index contributed by atoms with van der Waals surface area (Å²) in [5.74, 6) is -0.313. The molecule has 0 unspecified atom stereocenters. The van der Waals surface area contributed by atoms with Crippen LogP contribution in [0.1, 0.15) is 6.92 Å². The Hall–Kier alpha value is -3.16. The number of carbonyl (C=O) groups excluding carboxylic acids is 1. The van der Waals surface area contributed by atoms with E-state index in [9.17, 15) is 19.3 Å². The molecule has 0 aliphatic carbocycles. The summed E-state index contributed by atoms with van der Waals surface area (Å²) in [6.07, 6.45) is 0. The van der Waals surface area contributed by atoms with E-state index in [1.807, 2.05) is 0 Å². The number of carbonyl (C=O) groups is 1. The molecular formula is C16H16FN3O4. The molecule has 0 aromatic heterocycles. The Labute approximate surface area is 137 Å². The van der Waals surface area contributed by atoms with Gasteiger partial charge in [0.2, 0.25) is 5.91 Å². The van der Waals surface area contributed by atoms with Gasteiger partial charge in [-0.1, -0.05) is 6.07 Å². The number of nitrogens with one attached hydrogen (secondary N) is 2. The lowest BCUT2D eigenvalue weighted by molar-refractivity contribution is -0.385. The van der Waals surface area contributed by atoms with Crippen LogP contribution in [-0.2, 0) is 4.79 Å². The van der Waals surface area contributed by atoms with Crippen LogP contribution >= 0.6 is 0 Å². The van der Waals surface area contributed by atoms with Gasteiger partial charge in [0.05, 0.1) is 16.7 Å². The third-order valence-corrected chi connectivity index (χ3v) is 3.00. The van der Waals surface area contributed by atoms with Gasteiger partial charge in [-0.25, -0.2) is 4.39 Å². The van der Waals surface area contributed by atoms with Gasteiger partial charge in [-0.15, -0.1) is 0 Å². The summed E-state index contributed by atoms with van der Waals surface area (Å²) in [6, 6.07) is 10.3. The van der Waals surface area contributed by atoms with Crippen LogP contribution in [0.2, 0.25) is 0 Å². The van der Waals surface area contributed by atoms with Crippen molar-refractivity contribution in [2.75, 3.05) is 23.8 Å². The number of anilines is 2. The van der Waals surface area contributed by atoms with Crippen molar-refractivity contribution in [2.45, 2.75) is 6.92 Å². The van der Waals surface area contributed by atoms with Gasteiger partial charge in [-0.05, 0) is 18.2 Å². The largest absolute Gasteiger partial charge is 0.492 e. The molecule has 24 heavy (non-hydrogen) atoms. The lowest BCUT2D eigenvalue weighted by Crippen LogP contribution is -2.12. The fourth-order valence-electron chi connectivity index (χ4n) is 1.98. The van der Waals surface area contributed by atoms with E-state index >= 15 is 0 Å². The van der Waals surface area contributed by atoms with Gasteiger partial charge in [-0.2, -0.15) is 0 Å². The van der Waals surface area contributed by atoms with Gasteiger partial charge in [0.1, 0.15) is 12.4 Å². The Balaban J connectivity index is 1.85. The van der Waals surface area contributed by atoms with E-state index in [4.69, 9.17) is 4.74 Å². The Bertz CT molecular complexity index is 752. The summed E-state index contributed by atoms with van der Waals surface area (Å²) in [6.45, 7) is 1.97. The smallest absolute Gasteiger partial charge is 0.272 e. The van der Waals surface area contributed by atoms with Crippen molar-refractivity contribution in [3.8, 4) is 5.75 Å². The van der Waals surface area contributed by atoms with Crippen LogP contribution in [0.15, 0.2) is 42.5 Å². The van der Waals surface area contributed by atoms with Gasteiger partial charge < -0.3 is 15.4 Å². The average Bonchev–Trinajstić information content (AvgIpc) is 2.52. The first-order valence-electron chi connectivity index (χ1n) is 7.14. The number of hydrogen-bond donors (Lipinski definition) is 2. The van der Waals surface area contributed by atoms with Gasteiger partial charge in [0.25, 0.3) is 5.69 Å². The normalized spacial score (nSPS) is 10.1. The van der Waals surface area contributed by atoms with Gasteiger partial charge in [0, 0.05) is 31.3 Å². The molecule has 0 saturated carbocycles. The lowest BCUT2D eigenvalue weighted by Gasteiger charge is -2.10. The molecule has 2 rings (SSSR count). The fraction of sp³-hybridized carbons (Fsp3) is 0.188. The number of nitro benzene ring substituents is 1. The fourth-order valence-corrected chi connectivity index (χ4v) is 1.98. The van der Waals surface area contributed by atoms with Crippen molar-refractivity contribution in [1.82, 2.24) is 0 Å². The second-order valence-corrected chi connectivity index (χ2v) is 4.91. The quantitative estimate of drug-likeness (QED) is 0.461. The van der Waals surface area contributed by atoms with E-state index in [-0.39, 0.29) is 23.9 Å². The number of amides is 1. The maximum absolute atomic E-state index is 13.7. The average molecular weight is 333 g/mol. The number of halogens is 1. The number of benzene rings is 2. The Kier molecular flexibility index (Phi) is 5.67. The van der Waals surface area contributed by atoms with Crippen LogP contribution in [0.5, 0.6) is 5.75 Å². The molecule has 1 amide bonds. The number of ether oxygens (including phenoxy) is 1. The minimum absolute atomic E-state index is 0.163. The molecule has 0 heterocycles. The van der Waals surface area contributed by atoms with Crippen LogP contribution in [0.4, 0.5) is 21.5 Å². The first kappa shape index (κ1) is 17.2. The summed E-state index contributed by atoms with van der Waals surface area (Å²) in [5, 5.41) is 16.0. The van der Waals surface area contributed by atoms with Crippen LogP contribution in [0, 0.1) is 15.9 Å². The number of non-ortho nitro benzene ring substituents is 1. The van der Waals surface area contributed by atoms with Crippen molar-refractivity contribution in [1.29, 1.82) is 0 Å². The molecule has 2 aromatic carbocycles. The van der Waals surface area contributed by atoms with E-state index in [1.54, 1.807) is 24.3 Å². The molecule has 0 radical (unpaired) electrons. The Morgan fingerprint density at radius 2 is 2.08 bits per heavy atom. The SMILES string of the molecule is CC(=O)Nc1cccc(OCCNc2ccc([N+](=O)[O-])cc2F)c1. The summed E-state index contributed by atoms with van der Waals surface area (Å²) in [7, 11) is 0. The Morgan fingerprint density at radius 1 is 1.29 bits per heavy atom. The highest BCUT2D eigenvalue weighted by Crippen LogP contribution is 2.20. The molecule has 0 atom stereocenters. The predicted octanol–water partition coefficient (Wildman–Crippen LogP) is 3.18. The monoisotopic (exact) mass is 333 g/mol. The molecule has 0 aliphatic rings. The van der Waals surface area contributed by atoms with Crippen molar-refractivity contribution >= 4 is 23.0 Å². The summed E-state index contributed by atoms with van der Waals surface area (Å²) in [4.78, 5) is 20.9. The second kappa shape index (κ2) is 7.91. The van der Waals surface area contributed by atoms with Gasteiger partial charge in [0.15, 0.2) is 5.82 Å². The molecule has 0 spiro atoms. The maximum atomic E-state index is 13.7. The Morgan fingerprint density at radius 3 is 2.75 bits per heavy atom. The molecule has 0 bridgehead atoms. The van der Waals surface area contributed by atoms with Crippen LogP contribution in [0.3, 0.4) is 0 Å². The van der Waals surface area contributed by atoms with Crippen LogP contribution in [-0.4, -0.2) is 24.0 Å². The molecule has 8 heteroatoms. The standard InChI is InChI=1S/C16H16FN3O4/c1-11(21)19-12-3-2-4-14(9-12)24-8-7-18-16-6-5-13(20(22)23)10-15(16)17/h2-6,9-10,18H,7-8H2,1H3,(H,19,21). The molecular weight excluding hydrogens is 317 g/mol. The maximum Gasteiger partial charge on any atom is 0.272 e. The lowest BCUT2D eigenvalue weighted by atomic mass is 10.2. The molecule has 2 N–H and O–H groups in total. The molecule has 2 aromatic rings. The molecule has 0 saturated heterocycles. The van der Waals surface area contributed by atoms with E-state index in [2.05, 4.69) is 10.6 Å². The minimum Gasteiger partial charge on any atom is -0.492 e. The topological polar surface area (TPSA) is 93.5 Å². The second-order valence-electron chi connectivity index (χ2n) is 4.91. The summed E-state index contributed by atoms with van der Waals surface area (Å²) >= 11 is 0. The highest BCUT2D eigenvalue weighted by molar-refractivity contribution is 5.88. The predicted molar refractivity (Wildman–Crippen MR) is 87.8 cm³/mol. The van der Waals surface area contributed by atoms with Crippen LogP contribution < -0.4 is 15.4 Å². The van der Waals surface area contributed by atoms with E-state index < -0.39 is 10.7 Å². The summed E-state index contributed by atoms with van der Waals surface area (Å²) < 4.78 is 19.2. The number of rotatable bonds is 7. The third-order valence-electron chi connectivity index (χ3n) is 3.00. The van der Waals surface area contributed by atoms with Gasteiger partial charge >= 0.3 is 0 Å². The first-order valence-corrected chi connectivity index (χ1v) is 7.14. The minimum atomic E-state index is -0.697. The highest BCUT2D eigenvalue weighted by atomic mass is 19.1. The number of nitro groups is 1. The number of nitrogens with zero attached hydrogens (tertiary/aromatic N) is 1. The summed E-state index contributed by atoms with van der Waals surface area (Å²) in [5.41, 5.74) is 0.481. The van der Waals surface area contributed by atoms with Crippen molar-refractivity contribution in [3.63, 3.8) is 0 Å². The highest BCUT2D eigenvalue weighted by Gasteiger charge is 2.10. The van der Waals surface area contributed by atoms with Gasteiger partial charge in [-0.3, -0.25) is 14.9 Å². The number of hydrogen-bond acceptors (Lipinski definition) is 5. The van der Waals surface area contributed by atoms with Crippen LogP contribution in [0.25, 0.3) is 0 Å². The van der Waals surface area contributed by atoms with E-state index in [1.165, 1.54) is 19.1 Å². The molecule has 126 valence electrons. The van der Waals surface area contributed by atoms with Crippen molar-refractivity contribution < 1.29 is 18.8 Å². The zero-order valence-electron chi connectivity index (χ0n) is 12.9. The third kappa shape index (κ3) is 4.94. The molecule has 7 nitrogen and oxygen atoms in total.